The van der Waals surface area contributed by atoms with E-state index in [9.17, 15) is 27.9 Å². The van der Waals surface area contributed by atoms with Crippen LogP contribution in [0, 0.1) is 5.92 Å². The van der Waals surface area contributed by atoms with Crippen LogP contribution in [0.3, 0.4) is 0 Å². The zero-order chi connectivity index (χ0) is 20.4. The van der Waals surface area contributed by atoms with Crippen molar-refractivity contribution in [1.82, 2.24) is 10.6 Å². The van der Waals surface area contributed by atoms with Gasteiger partial charge in [0, 0.05) is 0 Å². The molecule has 1 aromatic rings. The maximum atomic E-state index is 13.6. The van der Waals surface area contributed by atoms with Gasteiger partial charge in [-0.15, -0.1) is 0 Å². The Bertz CT molecular complexity index is 727. The minimum absolute atomic E-state index is 0.0863. The number of benzene rings is 1. The second-order valence-corrected chi connectivity index (χ2v) is 5.68. The highest BCUT2D eigenvalue weighted by molar-refractivity contribution is 5.83. The zero-order valence-corrected chi connectivity index (χ0v) is 14.7. The van der Waals surface area contributed by atoms with E-state index in [2.05, 4.69) is 5.32 Å². The maximum absolute atomic E-state index is 13.6. The van der Waals surface area contributed by atoms with E-state index in [1.54, 1.807) is 0 Å². The summed E-state index contributed by atoms with van der Waals surface area (Å²) in [5, 5.41) is 13.9. The molecule has 0 spiro atoms. The molecule has 0 bridgehead atoms. The average Bonchev–Trinajstić information content (AvgIpc) is 2.59. The molecule has 0 saturated carbocycles. The Morgan fingerprint density at radius 3 is 2.41 bits per heavy atom. The summed E-state index contributed by atoms with van der Waals surface area (Å²) in [5.41, 5.74) is -3.73. The molecule has 27 heavy (non-hydrogen) atoms. The third-order valence-corrected chi connectivity index (χ3v) is 4.11. The third kappa shape index (κ3) is 3.72. The van der Waals surface area contributed by atoms with Crippen molar-refractivity contribution in [2.45, 2.75) is 24.9 Å². The molecule has 0 radical (unpaired) electrons. The monoisotopic (exact) mass is 392 g/mol. The maximum Gasteiger partial charge on any atom is 0.437 e. The van der Waals surface area contributed by atoms with Gasteiger partial charge in [0.2, 0.25) is 0 Å². The number of rotatable bonds is 5. The summed E-state index contributed by atoms with van der Waals surface area (Å²) < 4.78 is 55.6. The van der Waals surface area contributed by atoms with Crippen LogP contribution in [0.25, 0.3) is 0 Å². The molecule has 1 heterocycles. The van der Waals surface area contributed by atoms with Gasteiger partial charge in [-0.1, -0.05) is 6.07 Å². The zero-order valence-electron chi connectivity index (χ0n) is 14.7. The Morgan fingerprint density at radius 2 is 1.89 bits per heavy atom. The fourth-order valence-corrected chi connectivity index (χ4v) is 2.86. The summed E-state index contributed by atoms with van der Waals surface area (Å²) in [6, 6.07) is 1.22. The number of ether oxygens (including phenoxy) is 3. The lowest BCUT2D eigenvalue weighted by atomic mass is 9.82. The van der Waals surface area contributed by atoms with Gasteiger partial charge in [-0.05, 0) is 24.6 Å². The molecule has 1 aromatic carbocycles. The molecule has 0 aromatic heterocycles. The number of hydrogen-bond acceptors (Lipinski definition) is 6. The molecule has 3 atom stereocenters. The van der Waals surface area contributed by atoms with Gasteiger partial charge >= 0.3 is 18.2 Å². The summed E-state index contributed by atoms with van der Waals surface area (Å²) >= 11 is 0. The molecule has 1 fully saturated rings. The number of methoxy groups -OCH3 is 2. The number of carbonyl (C=O) groups excluding carboxylic acids is 2. The van der Waals surface area contributed by atoms with Crippen molar-refractivity contribution in [2.24, 2.45) is 5.92 Å². The van der Waals surface area contributed by atoms with Crippen LogP contribution >= 0.6 is 0 Å². The molecule has 0 unspecified atom stereocenters. The number of carbonyl (C=O) groups is 2. The van der Waals surface area contributed by atoms with E-state index < -0.39 is 35.9 Å². The van der Waals surface area contributed by atoms with Crippen LogP contribution < -0.4 is 20.1 Å². The predicted octanol–water partition coefficient (Wildman–Crippen LogP) is 1.49. The highest BCUT2D eigenvalue weighted by atomic mass is 19.4. The molecule has 1 saturated heterocycles. The average molecular weight is 392 g/mol. The molecule has 2 rings (SSSR count). The highest BCUT2D eigenvalue weighted by Crippen LogP contribution is 2.44. The van der Waals surface area contributed by atoms with Crippen molar-refractivity contribution in [3.63, 3.8) is 0 Å². The first kappa shape index (κ1) is 20.6. The molecular weight excluding hydrogens is 373 g/mol. The Morgan fingerprint density at radius 1 is 1.26 bits per heavy atom. The van der Waals surface area contributed by atoms with Crippen molar-refractivity contribution >= 4 is 12.0 Å². The molecule has 1 aliphatic rings. The van der Waals surface area contributed by atoms with Crippen molar-refractivity contribution in [2.75, 3.05) is 20.8 Å². The topological polar surface area (TPSA) is 106 Å². The van der Waals surface area contributed by atoms with E-state index in [-0.39, 0.29) is 17.9 Å². The highest BCUT2D eigenvalue weighted by Gasteiger charge is 2.67. The van der Waals surface area contributed by atoms with Crippen molar-refractivity contribution < 1.29 is 42.1 Å². The first-order chi connectivity index (χ1) is 12.6. The smallest absolute Gasteiger partial charge is 0.437 e. The molecule has 150 valence electrons. The Balaban J connectivity index is 2.60. The second-order valence-electron chi connectivity index (χ2n) is 5.68. The molecule has 2 amide bonds. The summed E-state index contributed by atoms with van der Waals surface area (Å²) in [7, 11) is 2.69. The minimum Gasteiger partial charge on any atom is -0.493 e. The SMILES string of the molecule is CCOC(=O)[C@@H]1[C@@H](c2ccc(OC)c(OC)c2)NC(=O)N[C@]1(O)C(F)(F)F. The van der Waals surface area contributed by atoms with Gasteiger partial charge in [-0.25, -0.2) is 4.79 Å². The molecule has 3 N–H and O–H groups in total. The molecule has 8 nitrogen and oxygen atoms in total. The Hall–Kier alpha value is -2.69. The van der Waals surface area contributed by atoms with Gasteiger partial charge in [0.1, 0.15) is 5.92 Å². The van der Waals surface area contributed by atoms with E-state index in [1.165, 1.54) is 44.7 Å². The summed E-state index contributed by atoms with van der Waals surface area (Å²) in [6.07, 6.45) is -5.34. The lowest BCUT2D eigenvalue weighted by molar-refractivity contribution is -0.294. The van der Waals surface area contributed by atoms with Gasteiger partial charge in [0.05, 0.1) is 26.9 Å². The number of alkyl halides is 3. The molecule has 0 aliphatic carbocycles. The van der Waals surface area contributed by atoms with Gasteiger partial charge in [0.25, 0.3) is 5.72 Å². The van der Waals surface area contributed by atoms with Gasteiger partial charge in [0.15, 0.2) is 11.5 Å². The third-order valence-electron chi connectivity index (χ3n) is 4.11. The number of aliphatic hydroxyl groups is 1. The standard InChI is InChI=1S/C16H19F3N2O6/c1-4-27-13(22)11-12(8-5-6-9(25-2)10(7-8)26-3)20-14(23)21-15(11,24)16(17,18)19/h5-7,11-12,24H,4H2,1-3H3,(H2,20,21,23)/t11-,12+,15+/m0/s1. The number of hydrogen-bond donors (Lipinski definition) is 3. The summed E-state index contributed by atoms with van der Waals surface area (Å²) in [6.45, 7) is 1.20. The van der Waals surface area contributed by atoms with Crippen molar-refractivity contribution in [3.8, 4) is 11.5 Å². The number of halogens is 3. The molecular formula is C16H19F3N2O6. The number of nitrogens with one attached hydrogen (secondary N) is 2. The van der Waals surface area contributed by atoms with E-state index in [4.69, 9.17) is 14.2 Å². The van der Waals surface area contributed by atoms with Gasteiger partial charge in [-0.2, -0.15) is 13.2 Å². The van der Waals surface area contributed by atoms with Crippen molar-refractivity contribution in [3.05, 3.63) is 23.8 Å². The van der Waals surface area contributed by atoms with Crippen LogP contribution in [0.2, 0.25) is 0 Å². The number of esters is 1. The van der Waals surface area contributed by atoms with Gasteiger partial charge < -0.3 is 30.0 Å². The number of amides is 2. The Kier molecular flexibility index (Phi) is 5.73. The van der Waals surface area contributed by atoms with Crippen LogP contribution in [0.15, 0.2) is 18.2 Å². The summed E-state index contributed by atoms with van der Waals surface area (Å²) in [4.78, 5) is 24.1. The van der Waals surface area contributed by atoms with E-state index in [1.807, 2.05) is 0 Å². The minimum atomic E-state index is -5.34. The van der Waals surface area contributed by atoms with E-state index in [0.717, 1.165) is 0 Å². The largest absolute Gasteiger partial charge is 0.493 e. The summed E-state index contributed by atoms with van der Waals surface area (Å²) in [5.74, 6) is -3.07. The van der Waals surface area contributed by atoms with E-state index in [0.29, 0.717) is 5.75 Å². The van der Waals surface area contributed by atoms with Crippen LogP contribution in [0.5, 0.6) is 11.5 Å². The lowest BCUT2D eigenvalue weighted by Crippen LogP contribution is -2.73. The van der Waals surface area contributed by atoms with Crippen LogP contribution in [0.4, 0.5) is 18.0 Å². The van der Waals surface area contributed by atoms with E-state index >= 15 is 0 Å². The first-order valence-corrected chi connectivity index (χ1v) is 7.85. The normalized spacial score (nSPS) is 25.2. The molecule has 1 aliphatic heterocycles. The van der Waals surface area contributed by atoms with Crippen LogP contribution in [-0.2, 0) is 9.53 Å². The Labute approximate surface area is 152 Å². The van der Waals surface area contributed by atoms with Crippen molar-refractivity contribution in [1.29, 1.82) is 0 Å². The van der Waals surface area contributed by atoms with Gasteiger partial charge in [-0.3, -0.25) is 4.79 Å². The van der Waals surface area contributed by atoms with Crippen LogP contribution in [0.1, 0.15) is 18.5 Å². The van der Waals surface area contributed by atoms with Crippen LogP contribution in [-0.4, -0.2) is 49.8 Å². The predicted molar refractivity (Wildman–Crippen MR) is 85.1 cm³/mol. The first-order valence-electron chi connectivity index (χ1n) is 7.85. The fourth-order valence-electron chi connectivity index (χ4n) is 2.86. The quantitative estimate of drug-likeness (QED) is 0.656. The molecule has 11 heteroatoms. The second kappa shape index (κ2) is 7.51. The lowest BCUT2D eigenvalue weighted by Gasteiger charge is -2.44. The fraction of sp³-hybridized carbons (Fsp3) is 0.500. The number of urea groups is 1.